The number of allylic oxidation sites excluding steroid dienone is 1. The lowest BCUT2D eigenvalue weighted by molar-refractivity contribution is 0.249. The first-order chi connectivity index (χ1) is 4.16. The van der Waals surface area contributed by atoms with Crippen LogP contribution in [0, 0.1) is 0 Å². The normalized spacial score (nSPS) is 11.1. The van der Waals surface area contributed by atoms with Gasteiger partial charge in [0.15, 0.2) is 0 Å². The molecule has 0 unspecified atom stereocenters. The standard InChI is InChI=1S/C6H12N2O/c1-3-5(2)4-8-6(7)9/h3H,4H2,1-2H3,(H3,7,8,9)/b5-3+. The molecule has 0 aliphatic carbocycles. The summed E-state index contributed by atoms with van der Waals surface area (Å²) >= 11 is 0. The maximum absolute atomic E-state index is 10.1. The van der Waals surface area contributed by atoms with Gasteiger partial charge in [0.1, 0.15) is 0 Å². The molecule has 0 aromatic heterocycles. The summed E-state index contributed by atoms with van der Waals surface area (Å²) in [5, 5.41) is 2.47. The summed E-state index contributed by atoms with van der Waals surface area (Å²) in [7, 11) is 0. The van der Waals surface area contributed by atoms with Gasteiger partial charge < -0.3 is 11.1 Å². The number of carbonyl (C=O) groups excluding carboxylic acids is 1. The molecular formula is C6H12N2O. The fraction of sp³-hybridized carbons (Fsp3) is 0.500. The van der Waals surface area contributed by atoms with Gasteiger partial charge in [-0.1, -0.05) is 11.6 Å². The summed E-state index contributed by atoms with van der Waals surface area (Å²) in [6.45, 7) is 4.39. The Bertz CT molecular complexity index is 129. The molecule has 0 atom stereocenters. The van der Waals surface area contributed by atoms with Crippen molar-refractivity contribution < 1.29 is 4.79 Å². The average molecular weight is 128 g/mol. The number of amides is 2. The summed E-state index contributed by atoms with van der Waals surface area (Å²) in [5.74, 6) is 0. The number of hydrogen-bond acceptors (Lipinski definition) is 1. The molecule has 2 amide bonds. The van der Waals surface area contributed by atoms with Crippen molar-refractivity contribution in [2.24, 2.45) is 5.73 Å². The molecule has 0 fully saturated rings. The first-order valence-electron chi connectivity index (χ1n) is 2.82. The molecule has 0 heterocycles. The monoisotopic (exact) mass is 128 g/mol. The minimum atomic E-state index is -0.476. The molecule has 0 rings (SSSR count). The van der Waals surface area contributed by atoms with Crippen molar-refractivity contribution in [1.29, 1.82) is 0 Å². The topological polar surface area (TPSA) is 55.1 Å². The molecule has 0 saturated heterocycles. The van der Waals surface area contributed by atoms with E-state index in [-0.39, 0.29) is 0 Å². The Labute approximate surface area is 54.9 Å². The Morgan fingerprint density at radius 1 is 1.78 bits per heavy atom. The van der Waals surface area contributed by atoms with Gasteiger partial charge in [-0.2, -0.15) is 0 Å². The Morgan fingerprint density at radius 3 is 2.67 bits per heavy atom. The fourth-order valence-electron chi connectivity index (χ4n) is 0.329. The fourth-order valence-corrected chi connectivity index (χ4v) is 0.329. The number of urea groups is 1. The first kappa shape index (κ1) is 8.01. The van der Waals surface area contributed by atoms with Crippen LogP contribution in [0.15, 0.2) is 11.6 Å². The minimum Gasteiger partial charge on any atom is -0.352 e. The van der Waals surface area contributed by atoms with Gasteiger partial charge in [0.25, 0.3) is 0 Å². The maximum Gasteiger partial charge on any atom is 0.312 e. The second-order valence-corrected chi connectivity index (χ2v) is 1.85. The molecular weight excluding hydrogens is 116 g/mol. The second kappa shape index (κ2) is 3.95. The number of hydrogen-bond donors (Lipinski definition) is 2. The predicted octanol–water partition coefficient (Wildman–Crippen LogP) is 0.621. The van der Waals surface area contributed by atoms with Crippen LogP contribution >= 0.6 is 0 Å². The average Bonchev–Trinajstić information content (AvgIpc) is 1.83. The lowest BCUT2D eigenvalue weighted by Gasteiger charge is -1.98. The van der Waals surface area contributed by atoms with E-state index in [1.807, 2.05) is 19.9 Å². The van der Waals surface area contributed by atoms with Gasteiger partial charge in [-0.15, -0.1) is 0 Å². The largest absolute Gasteiger partial charge is 0.352 e. The molecule has 0 saturated carbocycles. The van der Waals surface area contributed by atoms with Gasteiger partial charge in [-0.3, -0.25) is 0 Å². The third-order valence-electron chi connectivity index (χ3n) is 1.03. The minimum absolute atomic E-state index is 0.476. The van der Waals surface area contributed by atoms with Crippen LogP contribution in [0.5, 0.6) is 0 Å². The lowest BCUT2D eigenvalue weighted by Crippen LogP contribution is -2.30. The van der Waals surface area contributed by atoms with Crippen molar-refractivity contribution in [3.8, 4) is 0 Å². The van der Waals surface area contributed by atoms with Crippen molar-refractivity contribution in [2.45, 2.75) is 13.8 Å². The zero-order valence-corrected chi connectivity index (χ0v) is 5.77. The van der Waals surface area contributed by atoms with Crippen molar-refractivity contribution in [3.63, 3.8) is 0 Å². The lowest BCUT2D eigenvalue weighted by atomic mass is 10.3. The number of primary amides is 1. The van der Waals surface area contributed by atoms with Crippen molar-refractivity contribution in [2.75, 3.05) is 6.54 Å². The zero-order valence-electron chi connectivity index (χ0n) is 5.77. The zero-order chi connectivity index (χ0) is 7.28. The van der Waals surface area contributed by atoms with Gasteiger partial charge in [0, 0.05) is 6.54 Å². The molecule has 0 bridgehead atoms. The molecule has 0 radical (unpaired) electrons. The highest BCUT2D eigenvalue weighted by Crippen LogP contribution is 1.85. The third-order valence-corrected chi connectivity index (χ3v) is 1.03. The summed E-state index contributed by atoms with van der Waals surface area (Å²) in [4.78, 5) is 10.1. The quantitative estimate of drug-likeness (QED) is 0.526. The molecule has 0 aliphatic heterocycles. The Morgan fingerprint density at radius 2 is 2.33 bits per heavy atom. The van der Waals surface area contributed by atoms with Gasteiger partial charge in [-0.25, -0.2) is 4.79 Å². The maximum atomic E-state index is 10.1. The van der Waals surface area contributed by atoms with E-state index in [1.165, 1.54) is 0 Å². The van der Waals surface area contributed by atoms with Crippen LogP contribution < -0.4 is 11.1 Å². The molecule has 3 nitrogen and oxygen atoms in total. The van der Waals surface area contributed by atoms with Crippen molar-refractivity contribution in [1.82, 2.24) is 5.32 Å². The van der Waals surface area contributed by atoms with Gasteiger partial charge in [-0.05, 0) is 13.8 Å². The molecule has 0 aromatic carbocycles. The highest BCUT2D eigenvalue weighted by atomic mass is 16.2. The van der Waals surface area contributed by atoms with Crippen LogP contribution in [-0.2, 0) is 0 Å². The van der Waals surface area contributed by atoms with E-state index in [2.05, 4.69) is 5.32 Å². The van der Waals surface area contributed by atoms with Gasteiger partial charge in [0.05, 0.1) is 0 Å². The molecule has 3 heteroatoms. The van der Waals surface area contributed by atoms with E-state index in [9.17, 15) is 4.79 Å². The molecule has 52 valence electrons. The van der Waals surface area contributed by atoms with E-state index in [0.29, 0.717) is 6.54 Å². The highest BCUT2D eigenvalue weighted by Gasteiger charge is 1.89. The van der Waals surface area contributed by atoms with E-state index >= 15 is 0 Å². The number of carbonyl (C=O) groups is 1. The highest BCUT2D eigenvalue weighted by molar-refractivity contribution is 5.71. The molecule has 9 heavy (non-hydrogen) atoms. The molecule has 0 aliphatic rings. The first-order valence-corrected chi connectivity index (χ1v) is 2.82. The van der Waals surface area contributed by atoms with Gasteiger partial charge in [0.2, 0.25) is 0 Å². The van der Waals surface area contributed by atoms with E-state index in [0.717, 1.165) is 5.57 Å². The molecule has 0 spiro atoms. The van der Waals surface area contributed by atoms with Crippen LogP contribution in [0.1, 0.15) is 13.8 Å². The molecule has 3 N–H and O–H groups in total. The van der Waals surface area contributed by atoms with E-state index < -0.39 is 6.03 Å². The van der Waals surface area contributed by atoms with E-state index in [4.69, 9.17) is 5.73 Å². The Kier molecular flexibility index (Phi) is 3.51. The second-order valence-electron chi connectivity index (χ2n) is 1.85. The Balaban J connectivity index is 3.39. The summed E-state index contributed by atoms with van der Waals surface area (Å²) < 4.78 is 0. The van der Waals surface area contributed by atoms with Gasteiger partial charge >= 0.3 is 6.03 Å². The molecule has 0 aromatic rings. The summed E-state index contributed by atoms with van der Waals surface area (Å²) in [5.41, 5.74) is 5.92. The third kappa shape index (κ3) is 4.87. The number of nitrogens with two attached hydrogens (primary N) is 1. The number of rotatable bonds is 2. The summed E-state index contributed by atoms with van der Waals surface area (Å²) in [6.07, 6.45) is 1.93. The predicted molar refractivity (Wildman–Crippen MR) is 37.0 cm³/mol. The van der Waals surface area contributed by atoms with Crippen LogP contribution in [-0.4, -0.2) is 12.6 Å². The van der Waals surface area contributed by atoms with Crippen molar-refractivity contribution >= 4 is 6.03 Å². The SMILES string of the molecule is C/C=C(\C)CNC(N)=O. The Hall–Kier alpha value is -0.990. The van der Waals surface area contributed by atoms with E-state index in [1.54, 1.807) is 0 Å². The van der Waals surface area contributed by atoms with Crippen molar-refractivity contribution in [3.05, 3.63) is 11.6 Å². The summed E-state index contributed by atoms with van der Waals surface area (Å²) in [6, 6.07) is -0.476. The van der Waals surface area contributed by atoms with Crippen LogP contribution in [0.4, 0.5) is 4.79 Å². The number of nitrogens with one attached hydrogen (secondary N) is 1. The van der Waals surface area contributed by atoms with Crippen LogP contribution in [0.25, 0.3) is 0 Å². The smallest absolute Gasteiger partial charge is 0.312 e. The van der Waals surface area contributed by atoms with Crippen LogP contribution in [0.2, 0.25) is 0 Å². The van der Waals surface area contributed by atoms with Crippen LogP contribution in [0.3, 0.4) is 0 Å².